The van der Waals surface area contributed by atoms with Gasteiger partial charge >= 0.3 is 0 Å². The molecule has 130 valence electrons. The first-order valence-electron chi connectivity index (χ1n) is 8.72. The first-order valence-corrected chi connectivity index (χ1v) is 8.72. The maximum absolute atomic E-state index is 10.0. The van der Waals surface area contributed by atoms with Gasteiger partial charge in [0.2, 0.25) is 0 Å². The summed E-state index contributed by atoms with van der Waals surface area (Å²) in [6.45, 7) is 9.91. The van der Waals surface area contributed by atoms with Crippen LogP contribution in [0.1, 0.15) is 46.2 Å². The number of aromatic hydroxyl groups is 1. The lowest BCUT2D eigenvalue weighted by Crippen LogP contribution is -2.61. The number of pyridine rings is 1. The van der Waals surface area contributed by atoms with Crippen LogP contribution in [0.25, 0.3) is 10.9 Å². The van der Waals surface area contributed by atoms with Crippen LogP contribution in [0.3, 0.4) is 0 Å². The maximum atomic E-state index is 10.0. The lowest BCUT2D eigenvalue weighted by Gasteiger charge is -2.49. The minimum Gasteiger partial charge on any atom is -0.506 e. The largest absolute Gasteiger partial charge is 0.506 e. The molecule has 1 aliphatic rings. The number of hydrogen-bond acceptors (Lipinski definition) is 4. The summed E-state index contributed by atoms with van der Waals surface area (Å²) in [6, 6.07) is 10.1. The molecular formula is C20H29N3O. The van der Waals surface area contributed by atoms with E-state index in [1.165, 1.54) is 0 Å². The highest BCUT2D eigenvalue weighted by atomic mass is 16.3. The minimum absolute atomic E-state index is 0.135. The van der Waals surface area contributed by atoms with E-state index in [1.807, 2.05) is 18.2 Å². The molecule has 3 rings (SSSR count). The summed E-state index contributed by atoms with van der Waals surface area (Å²) >= 11 is 0. The Morgan fingerprint density at radius 1 is 1.12 bits per heavy atom. The van der Waals surface area contributed by atoms with E-state index in [0.717, 1.165) is 30.5 Å². The number of fused-ring (bicyclic) bond motifs is 1. The van der Waals surface area contributed by atoms with Crippen LogP contribution in [0, 0.1) is 0 Å². The molecular weight excluding hydrogens is 298 g/mol. The Morgan fingerprint density at radius 3 is 2.46 bits per heavy atom. The summed E-state index contributed by atoms with van der Waals surface area (Å²) < 4.78 is 0. The lowest BCUT2D eigenvalue weighted by atomic mass is 9.79. The van der Waals surface area contributed by atoms with E-state index in [-0.39, 0.29) is 16.8 Å². The number of nitrogens with zero attached hydrogens (tertiary/aromatic N) is 2. The Bertz CT molecular complexity index is 723. The van der Waals surface area contributed by atoms with Gasteiger partial charge in [-0.2, -0.15) is 0 Å². The van der Waals surface area contributed by atoms with E-state index in [9.17, 15) is 5.11 Å². The van der Waals surface area contributed by atoms with Crippen molar-refractivity contribution in [3.05, 3.63) is 36.0 Å². The molecule has 0 unspecified atom stereocenters. The molecule has 0 atom stereocenters. The van der Waals surface area contributed by atoms with Crippen LogP contribution >= 0.6 is 0 Å². The van der Waals surface area contributed by atoms with Gasteiger partial charge in [-0.05, 0) is 59.7 Å². The van der Waals surface area contributed by atoms with E-state index >= 15 is 0 Å². The number of phenols is 1. The third-order valence-electron chi connectivity index (χ3n) is 4.96. The zero-order chi connectivity index (χ0) is 17.5. The van der Waals surface area contributed by atoms with Crippen molar-refractivity contribution in [2.75, 3.05) is 7.05 Å². The average Bonchev–Trinajstić information content (AvgIpc) is 2.45. The number of piperidine rings is 1. The molecule has 1 fully saturated rings. The second-order valence-electron chi connectivity index (χ2n) is 8.52. The number of aromatic nitrogens is 1. The molecule has 1 saturated heterocycles. The van der Waals surface area contributed by atoms with Crippen molar-refractivity contribution in [1.29, 1.82) is 0 Å². The highest BCUT2D eigenvalue weighted by molar-refractivity contribution is 5.84. The third-order valence-corrected chi connectivity index (χ3v) is 4.96. The normalized spacial score (nSPS) is 20.6. The van der Waals surface area contributed by atoms with Gasteiger partial charge in [0.25, 0.3) is 0 Å². The van der Waals surface area contributed by atoms with Crippen molar-refractivity contribution in [3.63, 3.8) is 0 Å². The number of nitrogens with one attached hydrogen (secondary N) is 1. The summed E-state index contributed by atoms with van der Waals surface area (Å²) in [6.07, 6.45) is 2.23. The van der Waals surface area contributed by atoms with E-state index in [4.69, 9.17) is 0 Å². The molecule has 4 nitrogen and oxygen atoms in total. The summed E-state index contributed by atoms with van der Waals surface area (Å²) in [5, 5.41) is 14.7. The molecule has 1 aromatic heterocycles. The van der Waals surface area contributed by atoms with Gasteiger partial charge in [0.15, 0.2) is 0 Å². The second kappa shape index (κ2) is 6.01. The van der Waals surface area contributed by atoms with Crippen molar-refractivity contribution < 1.29 is 5.11 Å². The van der Waals surface area contributed by atoms with E-state index < -0.39 is 0 Å². The van der Waals surface area contributed by atoms with Crippen molar-refractivity contribution in [1.82, 2.24) is 15.2 Å². The van der Waals surface area contributed by atoms with Crippen molar-refractivity contribution in [2.45, 2.75) is 64.2 Å². The molecule has 24 heavy (non-hydrogen) atoms. The molecule has 0 bridgehead atoms. The Kier molecular flexibility index (Phi) is 4.30. The minimum atomic E-state index is 0.135. The zero-order valence-corrected chi connectivity index (χ0v) is 15.4. The fourth-order valence-electron chi connectivity index (χ4n) is 4.22. The first kappa shape index (κ1) is 17.2. The molecule has 2 heterocycles. The van der Waals surface area contributed by atoms with Crippen LogP contribution in [-0.4, -0.2) is 39.2 Å². The Balaban J connectivity index is 1.79. The monoisotopic (exact) mass is 327 g/mol. The van der Waals surface area contributed by atoms with Crippen LogP contribution < -0.4 is 5.32 Å². The third kappa shape index (κ3) is 3.70. The highest BCUT2D eigenvalue weighted by Gasteiger charge is 2.39. The van der Waals surface area contributed by atoms with E-state index in [2.05, 4.69) is 56.0 Å². The van der Waals surface area contributed by atoms with Crippen LogP contribution in [0.4, 0.5) is 0 Å². The van der Waals surface area contributed by atoms with Crippen molar-refractivity contribution in [3.8, 4) is 5.75 Å². The van der Waals surface area contributed by atoms with Crippen LogP contribution in [0.15, 0.2) is 30.3 Å². The Hall–Kier alpha value is -1.65. The molecule has 0 radical (unpaired) electrons. The van der Waals surface area contributed by atoms with Crippen molar-refractivity contribution in [2.24, 2.45) is 0 Å². The van der Waals surface area contributed by atoms with Crippen LogP contribution in [-0.2, 0) is 6.54 Å². The van der Waals surface area contributed by atoms with Gasteiger partial charge in [0.05, 0.1) is 5.69 Å². The predicted octanol–water partition coefficient (Wildman–Crippen LogP) is 3.68. The summed E-state index contributed by atoms with van der Waals surface area (Å²) in [5.74, 6) is 0.251. The summed E-state index contributed by atoms with van der Waals surface area (Å²) in [7, 11) is 2.18. The van der Waals surface area contributed by atoms with Gasteiger partial charge in [0, 0.05) is 29.1 Å². The smallest absolute Gasteiger partial charge is 0.141 e. The molecule has 2 N–H and O–H groups in total. The SMILES string of the molecule is CN(Cc1ccc2cccc(O)c2n1)C1CC(C)(C)NC(C)(C)C1. The van der Waals surface area contributed by atoms with E-state index in [1.54, 1.807) is 6.07 Å². The highest BCUT2D eigenvalue weighted by Crippen LogP contribution is 2.31. The Morgan fingerprint density at radius 2 is 1.79 bits per heavy atom. The van der Waals surface area contributed by atoms with Crippen LogP contribution in [0.2, 0.25) is 0 Å². The number of rotatable bonds is 3. The molecule has 1 aromatic carbocycles. The number of hydrogen-bond donors (Lipinski definition) is 2. The molecule has 2 aromatic rings. The quantitative estimate of drug-likeness (QED) is 0.903. The number of phenolic OH excluding ortho intramolecular Hbond substituents is 1. The molecule has 0 saturated carbocycles. The van der Waals surface area contributed by atoms with Crippen LogP contribution in [0.5, 0.6) is 5.75 Å². The Labute approximate surface area is 144 Å². The van der Waals surface area contributed by atoms with Gasteiger partial charge in [-0.15, -0.1) is 0 Å². The van der Waals surface area contributed by atoms with Crippen molar-refractivity contribution >= 4 is 10.9 Å². The molecule has 1 aliphatic heterocycles. The molecule has 0 spiro atoms. The molecule has 0 amide bonds. The van der Waals surface area contributed by atoms with Gasteiger partial charge in [-0.3, -0.25) is 4.90 Å². The summed E-state index contributed by atoms with van der Waals surface area (Å²) in [4.78, 5) is 7.08. The van der Waals surface area contributed by atoms with Gasteiger partial charge in [-0.1, -0.05) is 18.2 Å². The fourth-order valence-corrected chi connectivity index (χ4v) is 4.22. The topological polar surface area (TPSA) is 48.4 Å². The summed E-state index contributed by atoms with van der Waals surface area (Å²) in [5.41, 5.74) is 1.96. The standard InChI is InChI=1S/C20H29N3O/c1-19(2)11-16(12-20(3,4)22-19)23(5)13-15-10-9-14-7-6-8-17(24)18(14)21-15/h6-10,16,22,24H,11-13H2,1-5H3. The van der Waals surface area contributed by atoms with Gasteiger partial charge in [0.1, 0.15) is 11.3 Å². The van der Waals surface area contributed by atoms with Gasteiger partial charge < -0.3 is 10.4 Å². The average molecular weight is 327 g/mol. The fraction of sp³-hybridized carbons (Fsp3) is 0.550. The maximum Gasteiger partial charge on any atom is 0.141 e. The molecule has 0 aliphatic carbocycles. The second-order valence-corrected chi connectivity index (χ2v) is 8.52. The lowest BCUT2D eigenvalue weighted by molar-refractivity contribution is 0.0770. The van der Waals surface area contributed by atoms with Gasteiger partial charge in [-0.25, -0.2) is 4.98 Å². The number of para-hydroxylation sites is 1. The zero-order valence-electron chi connectivity index (χ0n) is 15.4. The predicted molar refractivity (Wildman–Crippen MR) is 99.2 cm³/mol. The number of benzene rings is 1. The molecule has 4 heteroatoms. The first-order chi connectivity index (χ1) is 11.2. The van der Waals surface area contributed by atoms with E-state index in [0.29, 0.717) is 11.6 Å².